The fourth-order valence-electron chi connectivity index (χ4n) is 8.41. The topological polar surface area (TPSA) is 34.3 Å². The average Bonchev–Trinajstić information content (AvgIpc) is 3.29. The molecule has 2 aliphatic heterocycles. The SMILES string of the molecule is C1=CC2CC1C1C=CC(C3OC3COCC3OC3C3C=CC4C5C=CC(C5)C43)C21. The Hall–Kier alpha value is -1.16. The summed E-state index contributed by atoms with van der Waals surface area (Å²) in [5.74, 6) is 7.59. The largest absolute Gasteiger partial charge is 0.376 e. The van der Waals surface area contributed by atoms with Crippen molar-refractivity contribution < 1.29 is 14.2 Å². The summed E-state index contributed by atoms with van der Waals surface area (Å²) in [6.07, 6.45) is 23.9. The highest BCUT2D eigenvalue weighted by Gasteiger charge is 2.58. The van der Waals surface area contributed by atoms with Gasteiger partial charge in [0, 0.05) is 11.8 Å². The minimum Gasteiger partial charge on any atom is -0.376 e. The first-order chi connectivity index (χ1) is 14.3. The van der Waals surface area contributed by atoms with E-state index in [0.717, 1.165) is 60.6 Å². The van der Waals surface area contributed by atoms with Gasteiger partial charge in [-0.15, -0.1) is 0 Å². The predicted molar refractivity (Wildman–Crippen MR) is 109 cm³/mol. The second-order valence-electron chi connectivity index (χ2n) is 10.9. The van der Waals surface area contributed by atoms with E-state index in [1.165, 1.54) is 12.8 Å². The van der Waals surface area contributed by atoms with Gasteiger partial charge in [-0.1, -0.05) is 48.6 Å². The third-order valence-electron chi connectivity index (χ3n) is 9.73. The van der Waals surface area contributed by atoms with E-state index in [9.17, 15) is 0 Å². The van der Waals surface area contributed by atoms with Crippen molar-refractivity contribution in [2.75, 3.05) is 13.2 Å². The summed E-state index contributed by atoms with van der Waals surface area (Å²) in [6.45, 7) is 1.48. The summed E-state index contributed by atoms with van der Waals surface area (Å²) in [5, 5.41) is 0. The Balaban J connectivity index is 0.831. The molecule has 2 saturated carbocycles. The standard InChI is InChI=1S/C26H30O3/c1-3-15-9-13(1)17-5-7-19(23(15)17)25-21(28-25)11-27-12-22-26(29-22)20-8-6-18-14-2-4-16(10-14)24(18)20/h1-8,13-26H,9-12H2. The van der Waals surface area contributed by atoms with Crippen molar-refractivity contribution in [1.29, 1.82) is 0 Å². The van der Waals surface area contributed by atoms with E-state index in [1.807, 2.05) is 0 Å². The molecule has 0 N–H and O–H groups in total. The lowest BCUT2D eigenvalue weighted by molar-refractivity contribution is 0.101. The van der Waals surface area contributed by atoms with Gasteiger partial charge in [-0.3, -0.25) is 0 Å². The number of rotatable bonds is 6. The van der Waals surface area contributed by atoms with Crippen LogP contribution in [0.2, 0.25) is 0 Å². The summed E-state index contributed by atoms with van der Waals surface area (Å²) in [4.78, 5) is 0. The predicted octanol–water partition coefficient (Wildman–Crippen LogP) is 3.79. The first-order valence-corrected chi connectivity index (χ1v) is 12.0. The smallest absolute Gasteiger partial charge is 0.108 e. The molecule has 2 saturated heterocycles. The molecule has 6 aliphatic carbocycles. The number of ether oxygens (including phenoxy) is 3. The van der Waals surface area contributed by atoms with Crippen molar-refractivity contribution in [2.24, 2.45) is 59.2 Å². The molecular weight excluding hydrogens is 360 g/mol. The molecule has 8 aliphatic rings. The van der Waals surface area contributed by atoms with Crippen LogP contribution >= 0.6 is 0 Å². The molecule has 152 valence electrons. The van der Waals surface area contributed by atoms with Crippen LogP contribution in [0.25, 0.3) is 0 Å². The highest BCUT2D eigenvalue weighted by atomic mass is 16.6. The maximum atomic E-state index is 6.08. The number of fused-ring (bicyclic) bond motifs is 10. The van der Waals surface area contributed by atoms with E-state index in [-0.39, 0.29) is 0 Å². The second kappa shape index (κ2) is 5.75. The Kier molecular flexibility index (Phi) is 3.27. The zero-order valence-electron chi connectivity index (χ0n) is 16.8. The zero-order chi connectivity index (χ0) is 18.7. The van der Waals surface area contributed by atoms with Crippen LogP contribution in [0.3, 0.4) is 0 Å². The Bertz CT molecular complexity index is 773. The van der Waals surface area contributed by atoms with Crippen LogP contribution in [-0.4, -0.2) is 37.6 Å². The molecule has 8 rings (SSSR count). The molecule has 14 unspecified atom stereocenters. The van der Waals surface area contributed by atoms with Crippen LogP contribution in [0.15, 0.2) is 48.6 Å². The first-order valence-electron chi connectivity index (χ1n) is 12.0. The molecule has 4 bridgehead atoms. The van der Waals surface area contributed by atoms with Crippen molar-refractivity contribution in [1.82, 2.24) is 0 Å². The van der Waals surface area contributed by atoms with Crippen LogP contribution in [0, 0.1) is 59.2 Å². The maximum absolute atomic E-state index is 6.08. The quantitative estimate of drug-likeness (QED) is 0.511. The minimum atomic E-state index is 0.301. The Morgan fingerprint density at radius 1 is 0.552 bits per heavy atom. The fourth-order valence-corrected chi connectivity index (χ4v) is 8.41. The minimum absolute atomic E-state index is 0.301. The lowest BCUT2D eigenvalue weighted by Gasteiger charge is -2.25. The molecule has 0 aromatic carbocycles. The monoisotopic (exact) mass is 390 g/mol. The molecule has 4 fully saturated rings. The third kappa shape index (κ3) is 2.30. The maximum Gasteiger partial charge on any atom is 0.108 e. The van der Waals surface area contributed by atoms with Gasteiger partial charge >= 0.3 is 0 Å². The van der Waals surface area contributed by atoms with E-state index in [2.05, 4.69) is 48.6 Å². The van der Waals surface area contributed by atoms with Crippen molar-refractivity contribution in [3.05, 3.63) is 48.6 Å². The molecule has 0 aromatic rings. The fraction of sp³-hybridized carbons (Fsp3) is 0.692. The van der Waals surface area contributed by atoms with Crippen molar-refractivity contribution in [3.8, 4) is 0 Å². The van der Waals surface area contributed by atoms with E-state index in [4.69, 9.17) is 14.2 Å². The molecule has 29 heavy (non-hydrogen) atoms. The Morgan fingerprint density at radius 3 is 1.52 bits per heavy atom. The summed E-state index contributed by atoms with van der Waals surface area (Å²) in [5.41, 5.74) is 0. The lowest BCUT2D eigenvalue weighted by Crippen LogP contribution is -2.26. The van der Waals surface area contributed by atoms with Gasteiger partial charge in [0.25, 0.3) is 0 Å². The van der Waals surface area contributed by atoms with Crippen LogP contribution in [-0.2, 0) is 14.2 Å². The van der Waals surface area contributed by atoms with Gasteiger partial charge in [-0.05, 0) is 60.2 Å². The van der Waals surface area contributed by atoms with Gasteiger partial charge in [-0.2, -0.15) is 0 Å². The summed E-state index contributed by atoms with van der Waals surface area (Å²) >= 11 is 0. The van der Waals surface area contributed by atoms with Gasteiger partial charge in [0.05, 0.1) is 25.4 Å². The van der Waals surface area contributed by atoms with Crippen molar-refractivity contribution in [3.63, 3.8) is 0 Å². The van der Waals surface area contributed by atoms with E-state index < -0.39 is 0 Å². The van der Waals surface area contributed by atoms with Gasteiger partial charge < -0.3 is 14.2 Å². The Labute approximate surface area is 172 Å². The number of epoxide rings is 2. The van der Waals surface area contributed by atoms with Gasteiger partial charge in [0.1, 0.15) is 12.2 Å². The van der Waals surface area contributed by atoms with E-state index in [0.29, 0.717) is 36.3 Å². The highest BCUT2D eigenvalue weighted by Crippen LogP contribution is 2.59. The van der Waals surface area contributed by atoms with E-state index >= 15 is 0 Å². The molecule has 0 radical (unpaired) electrons. The van der Waals surface area contributed by atoms with Crippen LogP contribution in [0.1, 0.15) is 12.8 Å². The summed E-state index contributed by atoms with van der Waals surface area (Å²) < 4.78 is 18.2. The number of hydrogen-bond donors (Lipinski definition) is 0. The zero-order valence-corrected chi connectivity index (χ0v) is 16.8. The van der Waals surface area contributed by atoms with Crippen molar-refractivity contribution in [2.45, 2.75) is 37.3 Å². The van der Waals surface area contributed by atoms with Crippen LogP contribution in [0.5, 0.6) is 0 Å². The average molecular weight is 391 g/mol. The van der Waals surface area contributed by atoms with Crippen LogP contribution < -0.4 is 0 Å². The number of hydrogen-bond acceptors (Lipinski definition) is 3. The van der Waals surface area contributed by atoms with Gasteiger partial charge in [0.2, 0.25) is 0 Å². The summed E-state index contributed by atoms with van der Waals surface area (Å²) in [6, 6.07) is 0. The van der Waals surface area contributed by atoms with Gasteiger partial charge in [-0.25, -0.2) is 0 Å². The first kappa shape index (κ1) is 16.5. The second-order valence-corrected chi connectivity index (χ2v) is 10.9. The van der Waals surface area contributed by atoms with Gasteiger partial charge in [0.15, 0.2) is 0 Å². The number of allylic oxidation sites excluding steroid dienone is 6. The molecule has 0 spiro atoms. The summed E-state index contributed by atoms with van der Waals surface area (Å²) in [7, 11) is 0. The molecule has 2 heterocycles. The molecule has 3 heteroatoms. The molecular formula is C26H30O3. The van der Waals surface area contributed by atoms with Crippen molar-refractivity contribution >= 4 is 0 Å². The molecule has 0 amide bonds. The molecule has 14 atom stereocenters. The lowest BCUT2D eigenvalue weighted by atomic mass is 9.78. The molecule has 3 nitrogen and oxygen atoms in total. The third-order valence-corrected chi connectivity index (χ3v) is 9.73. The van der Waals surface area contributed by atoms with Crippen LogP contribution in [0.4, 0.5) is 0 Å². The highest BCUT2D eigenvalue weighted by molar-refractivity contribution is 5.27. The molecule has 0 aromatic heterocycles. The normalized spacial score (nSPS) is 61.1. The van der Waals surface area contributed by atoms with E-state index in [1.54, 1.807) is 0 Å². The Morgan fingerprint density at radius 2 is 1.00 bits per heavy atom.